The number of unbranched alkanes of at least 4 members (excludes halogenated alkanes) is 1. The maximum Gasteiger partial charge on any atom is 0.326 e. The third-order valence-corrected chi connectivity index (χ3v) is 5.12. The number of thiol groups is 1. The molecular weight excluding hydrogens is 452 g/mol. The van der Waals surface area contributed by atoms with Crippen LogP contribution in [0.3, 0.4) is 0 Å². The van der Waals surface area contributed by atoms with E-state index in [0.29, 0.717) is 25.8 Å². The molecule has 0 aromatic carbocycles. The van der Waals surface area contributed by atoms with E-state index in [2.05, 4.69) is 28.6 Å². The Hall–Kier alpha value is -2.38. The van der Waals surface area contributed by atoms with E-state index >= 15 is 0 Å². The van der Waals surface area contributed by atoms with Gasteiger partial charge in [0.25, 0.3) is 0 Å². The number of carbonyl (C=O) groups is 5. The summed E-state index contributed by atoms with van der Waals surface area (Å²) in [6.07, 6.45) is 1.39. The van der Waals surface area contributed by atoms with Crippen LogP contribution in [0, 0.1) is 5.92 Å². The van der Waals surface area contributed by atoms with Gasteiger partial charge in [0.15, 0.2) is 0 Å². The molecule has 13 heteroatoms. The summed E-state index contributed by atoms with van der Waals surface area (Å²) in [5, 5.41) is 16.6. The second-order valence-corrected chi connectivity index (χ2v) is 8.59. The van der Waals surface area contributed by atoms with Crippen LogP contribution >= 0.6 is 12.6 Å². The highest BCUT2D eigenvalue weighted by Crippen LogP contribution is 2.06. The molecule has 0 aliphatic rings. The van der Waals surface area contributed by atoms with E-state index in [1.165, 1.54) is 0 Å². The van der Waals surface area contributed by atoms with Crippen molar-refractivity contribution >= 4 is 42.2 Å². The second kappa shape index (κ2) is 16.3. The lowest BCUT2D eigenvalue weighted by molar-refractivity contribution is -0.142. The minimum Gasteiger partial charge on any atom is -0.480 e. The monoisotopic (exact) mass is 490 g/mol. The first kappa shape index (κ1) is 30.6. The molecule has 0 radical (unpaired) electrons. The van der Waals surface area contributed by atoms with Crippen LogP contribution in [-0.2, 0) is 24.0 Å². The Labute approximate surface area is 199 Å². The zero-order valence-electron chi connectivity index (χ0n) is 19.2. The van der Waals surface area contributed by atoms with Crippen molar-refractivity contribution in [2.75, 3.05) is 12.3 Å². The van der Waals surface area contributed by atoms with Gasteiger partial charge in [0.2, 0.25) is 23.6 Å². The molecule has 12 nitrogen and oxygen atoms in total. The quantitative estimate of drug-likeness (QED) is 0.0858. The SMILES string of the molecule is CC(C)CC(N)C(=O)NC(CCC(N)=O)C(=O)NC(CS)C(=O)NC(CCCCN)C(=O)O. The predicted octanol–water partition coefficient (Wildman–Crippen LogP) is -1.78. The van der Waals surface area contributed by atoms with Gasteiger partial charge in [-0.05, 0) is 44.6 Å². The van der Waals surface area contributed by atoms with E-state index < -0.39 is 53.8 Å². The van der Waals surface area contributed by atoms with Gasteiger partial charge in [0.05, 0.1) is 6.04 Å². The number of carboxylic acids is 1. The lowest BCUT2D eigenvalue weighted by Crippen LogP contribution is -2.57. The van der Waals surface area contributed by atoms with Gasteiger partial charge in [-0.3, -0.25) is 19.2 Å². The van der Waals surface area contributed by atoms with Crippen molar-refractivity contribution in [3.8, 4) is 0 Å². The molecule has 0 aromatic heterocycles. The molecule has 4 atom stereocenters. The Bertz CT molecular complexity index is 677. The van der Waals surface area contributed by atoms with Crippen LogP contribution in [0.4, 0.5) is 0 Å². The van der Waals surface area contributed by atoms with E-state index in [1.807, 2.05) is 13.8 Å². The number of carboxylic acid groups (broad SMARTS) is 1. The Morgan fingerprint density at radius 3 is 1.91 bits per heavy atom. The van der Waals surface area contributed by atoms with Crippen LogP contribution in [0.5, 0.6) is 0 Å². The fourth-order valence-electron chi connectivity index (χ4n) is 2.94. The second-order valence-electron chi connectivity index (χ2n) is 8.23. The van der Waals surface area contributed by atoms with Crippen molar-refractivity contribution < 1.29 is 29.1 Å². The summed E-state index contributed by atoms with van der Waals surface area (Å²) in [5.74, 6) is -3.93. The van der Waals surface area contributed by atoms with E-state index in [9.17, 15) is 29.1 Å². The normalized spacial score (nSPS) is 14.6. The molecule has 0 rings (SSSR count). The van der Waals surface area contributed by atoms with Gasteiger partial charge in [-0.1, -0.05) is 13.8 Å². The first-order valence-corrected chi connectivity index (χ1v) is 11.5. The van der Waals surface area contributed by atoms with Crippen molar-refractivity contribution in [1.29, 1.82) is 0 Å². The number of amides is 4. The molecule has 0 spiro atoms. The van der Waals surface area contributed by atoms with Gasteiger partial charge in [-0.25, -0.2) is 4.79 Å². The van der Waals surface area contributed by atoms with Gasteiger partial charge in [0, 0.05) is 12.2 Å². The Balaban J connectivity index is 5.24. The Morgan fingerprint density at radius 1 is 0.879 bits per heavy atom. The molecule has 0 aliphatic heterocycles. The Kier molecular flexibility index (Phi) is 15.1. The lowest BCUT2D eigenvalue weighted by atomic mass is 10.0. The van der Waals surface area contributed by atoms with E-state index in [-0.39, 0.29) is 30.9 Å². The number of hydrogen-bond acceptors (Lipinski definition) is 8. The predicted molar refractivity (Wildman–Crippen MR) is 126 cm³/mol. The molecule has 10 N–H and O–H groups in total. The molecular formula is C20H38N6O6S. The summed E-state index contributed by atoms with van der Waals surface area (Å²) in [6, 6.07) is -4.35. The van der Waals surface area contributed by atoms with E-state index in [1.54, 1.807) is 0 Å². The molecule has 0 saturated carbocycles. The molecule has 33 heavy (non-hydrogen) atoms. The van der Waals surface area contributed by atoms with E-state index in [0.717, 1.165) is 0 Å². The zero-order valence-corrected chi connectivity index (χ0v) is 20.1. The fourth-order valence-corrected chi connectivity index (χ4v) is 3.20. The van der Waals surface area contributed by atoms with Gasteiger partial charge in [-0.15, -0.1) is 0 Å². The van der Waals surface area contributed by atoms with Crippen molar-refractivity contribution in [3.63, 3.8) is 0 Å². The minimum atomic E-state index is -1.21. The number of nitrogens with one attached hydrogen (secondary N) is 3. The molecule has 190 valence electrons. The van der Waals surface area contributed by atoms with Crippen LogP contribution in [-0.4, -0.2) is 71.2 Å². The van der Waals surface area contributed by atoms with Crippen LogP contribution in [0.1, 0.15) is 52.4 Å². The highest BCUT2D eigenvalue weighted by molar-refractivity contribution is 7.80. The number of carbonyl (C=O) groups excluding carboxylic acids is 4. The third kappa shape index (κ3) is 13.0. The van der Waals surface area contributed by atoms with Crippen LogP contribution in [0.2, 0.25) is 0 Å². The highest BCUT2D eigenvalue weighted by atomic mass is 32.1. The molecule has 0 aliphatic carbocycles. The first-order chi connectivity index (χ1) is 15.4. The fraction of sp³-hybridized carbons (Fsp3) is 0.750. The Morgan fingerprint density at radius 2 is 1.42 bits per heavy atom. The molecule has 4 unspecified atom stereocenters. The standard InChI is InChI=1S/C20H38N6O6S/c1-11(2)9-12(22)17(28)24-13(6-7-16(23)27)18(29)26-15(10-33)19(30)25-14(20(31)32)5-3-4-8-21/h11-15,33H,3-10,21-22H2,1-2H3,(H2,23,27)(H,24,28)(H,25,30)(H,26,29)(H,31,32). The van der Waals surface area contributed by atoms with Crippen molar-refractivity contribution in [2.45, 2.75) is 76.5 Å². The summed E-state index contributed by atoms with van der Waals surface area (Å²) >= 11 is 4.06. The summed E-state index contributed by atoms with van der Waals surface area (Å²) < 4.78 is 0. The number of aliphatic carboxylic acids is 1. The largest absolute Gasteiger partial charge is 0.480 e. The average Bonchev–Trinajstić information content (AvgIpc) is 2.72. The zero-order chi connectivity index (χ0) is 25.6. The molecule has 0 fully saturated rings. The van der Waals surface area contributed by atoms with Gasteiger partial charge in [-0.2, -0.15) is 12.6 Å². The molecule has 0 bridgehead atoms. The lowest BCUT2D eigenvalue weighted by Gasteiger charge is -2.24. The first-order valence-electron chi connectivity index (χ1n) is 10.9. The summed E-state index contributed by atoms with van der Waals surface area (Å²) in [7, 11) is 0. The third-order valence-electron chi connectivity index (χ3n) is 4.75. The van der Waals surface area contributed by atoms with E-state index in [4.69, 9.17) is 17.2 Å². The van der Waals surface area contributed by atoms with Gasteiger partial charge in [0.1, 0.15) is 18.1 Å². The van der Waals surface area contributed by atoms with Crippen molar-refractivity contribution in [3.05, 3.63) is 0 Å². The molecule has 4 amide bonds. The van der Waals surface area contributed by atoms with Crippen LogP contribution < -0.4 is 33.2 Å². The summed E-state index contributed by atoms with van der Waals surface area (Å²) in [6.45, 7) is 4.18. The maximum absolute atomic E-state index is 12.8. The smallest absolute Gasteiger partial charge is 0.326 e. The topological polar surface area (TPSA) is 220 Å². The van der Waals surface area contributed by atoms with Crippen LogP contribution in [0.15, 0.2) is 0 Å². The van der Waals surface area contributed by atoms with Gasteiger partial charge < -0.3 is 38.3 Å². The minimum absolute atomic E-state index is 0.0982. The maximum atomic E-state index is 12.8. The van der Waals surface area contributed by atoms with Gasteiger partial charge >= 0.3 is 5.97 Å². The molecule has 0 saturated heterocycles. The number of primary amides is 1. The number of nitrogens with two attached hydrogens (primary N) is 3. The number of rotatable bonds is 17. The van der Waals surface area contributed by atoms with Crippen LogP contribution in [0.25, 0.3) is 0 Å². The molecule has 0 aromatic rings. The summed E-state index contributed by atoms with van der Waals surface area (Å²) in [5.41, 5.74) is 16.4. The molecule has 0 heterocycles. The highest BCUT2D eigenvalue weighted by Gasteiger charge is 2.30. The van der Waals surface area contributed by atoms with Crippen molar-refractivity contribution in [2.24, 2.45) is 23.1 Å². The van der Waals surface area contributed by atoms with Crippen molar-refractivity contribution in [1.82, 2.24) is 16.0 Å². The average molecular weight is 491 g/mol. The summed E-state index contributed by atoms with van der Waals surface area (Å²) in [4.78, 5) is 60.3. The number of hydrogen-bond donors (Lipinski definition) is 8.